The second kappa shape index (κ2) is 6.06. The molecule has 0 radical (unpaired) electrons. The fourth-order valence-electron chi connectivity index (χ4n) is 1.68. The van der Waals surface area contributed by atoms with Crippen molar-refractivity contribution in [3.63, 3.8) is 0 Å². The van der Waals surface area contributed by atoms with E-state index < -0.39 is 0 Å². The Morgan fingerprint density at radius 3 is 2.44 bits per heavy atom. The van der Waals surface area contributed by atoms with Gasteiger partial charge in [-0.3, -0.25) is 4.68 Å². The number of halogens is 2. The molecule has 0 fully saturated rings. The Labute approximate surface area is 111 Å². The van der Waals surface area contributed by atoms with Crippen molar-refractivity contribution in [2.75, 3.05) is 0 Å². The lowest BCUT2D eigenvalue weighted by atomic mass is 10.0. The third-order valence-corrected chi connectivity index (χ3v) is 4.33. The van der Waals surface area contributed by atoms with Gasteiger partial charge in [-0.1, -0.05) is 48.3 Å². The molecule has 0 aliphatic rings. The maximum atomic E-state index is 6.36. The largest absolute Gasteiger partial charge is 0.268 e. The molecule has 1 heterocycles. The average molecular weight is 308 g/mol. The van der Waals surface area contributed by atoms with Gasteiger partial charge in [0.1, 0.15) is 0 Å². The first kappa shape index (κ1) is 14.0. The van der Waals surface area contributed by atoms with Crippen LogP contribution in [0.1, 0.15) is 39.1 Å². The summed E-state index contributed by atoms with van der Waals surface area (Å²) < 4.78 is 2.03. The monoisotopic (exact) mass is 306 g/mol. The molecule has 16 heavy (non-hydrogen) atoms. The lowest BCUT2D eigenvalue weighted by Crippen LogP contribution is -2.13. The molecular weight excluding hydrogens is 288 g/mol. The molecule has 0 aromatic carbocycles. The Kier molecular flexibility index (Phi) is 5.32. The summed E-state index contributed by atoms with van der Waals surface area (Å²) in [6.07, 6.45) is 1.88. The molecule has 0 spiro atoms. The summed E-state index contributed by atoms with van der Waals surface area (Å²) in [7, 11) is 0. The Balaban J connectivity index is 2.97. The summed E-state index contributed by atoms with van der Waals surface area (Å²) in [4.78, 5) is 0.494. The van der Waals surface area contributed by atoms with E-state index in [4.69, 9.17) is 11.6 Å². The van der Waals surface area contributed by atoms with Crippen LogP contribution < -0.4 is 0 Å². The molecule has 0 aliphatic carbocycles. The minimum absolute atomic E-state index is 0.494. The topological polar surface area (TPSA) is 17.8 Å². The highest BCUT2D eigenvalue weighted by molar-refractivity contribution is 9.09. The van der Waals surface area contributed by atoms with Crippen molar-refractivity contribution in [2.24, 2.45) is 5.92 Å². The second-order valence-electron chi connectivity index (χ2n) is 4.24. The van der Waals surface area contributed by atoms with Crippen LogP contribution in [0.15, 0.2) is 0 Å². The molecule has 0 saturated carbocycles. The molecule has 0 aliphatic heterocycles. The van der Waals surface area contributed by atoms with Crippen molar-refractivity contribution >= 4 is 27.5 Å². The number of aromatic nitrogens is 2. The molecule has 1 aromatic heterocycles. The van der Waals surface area contributed by atoms with Crippen molar-refractivity contribution in [2.45, 2.75) is 51.9 Å². The van der Waals surface area contributed by atoms with Gasteiger partial charge in [0, 0.05) is 11.4 Å². The summed E-state index contributed by atoms with van der Waals surface area (Å²) in [5.41, 5.74) is 2.20. The average Bonchev–Trinajstić information content (AvgIpc) is 2.55. The van der Waals surface area contributed by atoms with Crippen molar-refractivity contribution < 1.29 is 0 Å². The highest BCUT2D eigenvalue weighted by Gasteiger charge is 2.18. The SMILES string of the molecule is CCc1nn(CC)c(CC(C)C(C)Br)c1Cl. The van der Waals surface area contributed by atoms with E-state index in [2.05, 4.69) is 48.7 Å². The highest BCUT2D eigenvalue weighted by atomic mass is 79.9. The molecule has 0 bridgehead atoms. The van der Waals surface area contributed by atoms with E-state index in [0.29, 0.717) is 10.7 Å². The minimum atomic E-state index is 0.494. The van der Waals surface area contributed by atoms with Crippen molar-refractivity contribution in [1.29, 1.82) is 0 Å². The van der Waals surface area contributed by atoms with Crippen LogP contribution >= 0.6 is 27.5 Å². The third-order valence-electron chi connectivity index (χ3n) is 2.99. The Morgan fingerprint density at radius 2 is 2.00 bits per heavy atom. The van der Waals surface area contributed by atoms with Gasteiger partial charge in [0.15, 0.2) is 0 Å². The van der Waals surface area contributed by atoms with Gasteiger partial charge in [-0.15, -0.1) is 0 Å². The fourth-order valence-corrected chi connectivity index (χ4v) is 2.21. The molecular formula is C12H20BrClN2. The molecule has 2 atom stereocenters. The number of hydrogen-bond acceptors (Lipinski definition) is 1. The normalized spacial score (nSPS) is 15.1. The first-order valence-electron chi connectivity index (χ1n) is 5.89. The maximum absolute atomic E-state index is 6.36. The van der Waals surface area contributed by atoms with Crippen molar-refractivity contribution in [3.8, 4) is 0 Å². The zero-order valence-corrected chi connectivity index (χ0v) is 12.8. The van der Waals surface area contributed by atoms with E-state index in [0.717, 1.165) is 30.1 Å². The van der Waals surface area contributed by atoms with Crippen LogP contribution in [-0.2, 0) is 19.4 Å². The molecule has 1 rings (SSSR count). The van der Waals surface area contributed by atoms with E-state index in [9.17, 15) is 0 Å². The minimum Gasteiger partial charge on any atom is -0.268 e. The third kappa shape index (κ3) is 3.01. The number of nitrogens with zero attached hydrogens (tertiary/aromatic N) is 2. The number of alkyl halides is 1. The molecule has 0 amide bonds. The summed E-state index contributed by atoms with van der Waals surface area (Å²) in [5.74, 6) is 0.559. The van der Waals surface area contributed by atoms with E-state index in [1.807, 2.05) is 4.68 Å². The number of hydrogen-bond donors (Lipinski definition) is 0. The molecule has 92 valence electrons. The second-order valence-corrected chi connectivity index (χ2v) is 6.06. The van der Waals surface area contributed by atoms with Crippen molar-refractivity contribution in [3.05, 3.63) is 16.4 Å². The summed E-state index contributed by atoms with van der Waals surface area (Å²) in [6, 6.07) is 0. The van der Waals surface area contributed by atoms with Gasteiger partial charge in [0.25, 0.3) is 0 Å². The predicted molar refractivity (Wildman–Crippen MR) is 73.5 cm³/mol. The van der Waals surface area contributed by atoms with Crippen LogP contribution in [0.5, 0.6) is 0 Å². The molecule has 0 saturated heterocycles. The quantitative estimate of drug-likeness (QED) is 0.750. The van der Waals surface area contributed by atoms with Crippen LogP contribution in [0.25, 0.3) is 0 Å². The number of rotatable bonds is 5. The van der Waals surface area contributed by atoms with Crippen LogP contribution in [0.4, 0.5) is 0 Å². The predicted octanol–water partition coefficient (Wildman–Crippen LogP) is 4.08. The van der Waals surface area contributed by atoms with Gasteiger partial charge < -0.3 is 0 Å². The fraction of sp³-hybridized carbons (Fsp3) is 0.750. The van der Waals surface area contributed by atoms with Gasteiger partial charge in [0.05, 0.1) is 16.4 Å². The van der Waals surface area contributed by atoms with Gasteiger partial charge in [0.2, 0.25) is 0 Å². The van der Waals surface area contributed by atoms with E-state index in [1.165, 1.54) is 5.69 Å². The summed E-state index contributed by atoms with van der Waals surface area (Å²) >= 11 is 9.98. The molecule has 4 heteroatoms. The molecule has 0 N–H and O–H groups in total. The molecule has 1 aromatic rings. The van der Waals surface area contributed by atoms with E-state index in [-0.39, 0.29) is 0 Å². The van der Waals surface area contributed by atoms with Gasteiger partial charge in [-0.25, -0.2) is 0 Å². The van der Waals surface area contributed by atoms with Gasteiger partial charge in [-0.05, 0) is 25.7 Å². The lowest BCUT2D eigenvalue weighted by Gasteiger charge is -2.15. The zero-order valence-electron chi connectivity index (χ0n) is 10.4. The van der Waals surface area contributed by atoms with E-state index in [1.54, 1.807) is 0 Å². The van der Waals surface area contributed by atoms with Gasteiger partial charge in [-0.2, -0.15) is 5.10 Å². The Morgan fingerprint density at radius 1 is 1.38 bits per heavy atom. The lowest BCUT2D eigenvalue weighted by molar-refractivity contribution is 0.530. The molecule has 2 unspecified atom stereocenters. The first-order valence-corrected chi connectivity index (χ1v) is 7.18. The summed E-state index contributed by atoms with van der Waals surface area (Å²) in [6.45, 7) is 9.49. The van der Waals surface area contributed by atoms with Crippen LogP contribution in [0.2, 0.25) is 5.02 Å². The smallest absolute Gasteiger partial charge is 0.0849 e. The Hall–Kier alpha value is -0.0200. The number of aryl methyl sites for hydroxylation is 2. The van der Waals surface area contributed by atoms with Crippen molar-refractivity contribution in [1.82, 2.24) is 9.78 Å². The summed E-state index contributed by atoms with van der Waals surface area (Å²) in [5, 5.41) is 5.39. The van der Waals surface area contributed by atoms with Crippen LogP contribution in [0.3, 0.4) is 0 Å². The van der Waals surface area contributed by atoms with Gasteiger partial charge >= 0.3 is 0 Å². The van der Waals surface area contributed by atoms with E-state index >= 15 is 0 Å². The Bertz CT molecular complexity index is 347. The maximum Gasteiger partial charge on any atom is 0.0849 e. The first-order chi connectivity index (χ1) is 7.51. The zero-order chi connectivity index (χ0) is 12.3. The molecule has 2 nitrogen and oxygen atoms in total. The van der Waals surface area contributed by atoms with Crippen LogP contribution in [-0.4, -0.2) is 14.6 Å². The van der Waals surface area contributed by atoms with Crippen LogP contribution in [0, 0.1) is 5.92 Å². The standard InChI is InChI=1S/C12H20BrClN2/c1-5-10-12(14)11(16(6-2)15-10)7-8(3)9(4)13/h8-9H,5-7H2,1-4H3. The highest BCUT2D eigenvalue weighted by Crippen LogP contribution is 2.26.